The van der Waals surface area contributed by atoms with Gasteiger partial charge in [0.1, 0.15) is 13.2 Å². The molecule has 54 heavy (non-hydrogen) atoms. The zero-order valence-electron chi connectivity index (χ0n) is 36.8. The van der Waals surface area contributed by atoms with Crippen LogP contribution in [0.4, 0.5) is 0 Å². The fraction of sp³-hybridized carbons (Fsp3) is 0.938. The molecule has 2 atom stereocenters. The normalized spacial score (nSPS) is 12.6. The summed E-state index contributed by atoms with van der Waals surface area (Å²) >= 11 is 0. The molecule has 0 aromatic carbocycles. The molecule has 0 rings (SSSR count). The van der Waals surface area contributed by atoms with Crippen LogP contribution in [0.15, 0.2) is 0 Å². The molecule has 0 amide bonds. The molecule has 0 saturated heterocycles. The number of hydrogen-bond donors (Lipinski definition) is 0. The quantitative estimate of drug-likeness (QED) is 0.0350. The summed E-state index contributed by atoms with van der Waals surface area (Å²) in [6.07, 6.45) is 39.4. The van der Waals surface area contributed by atoms with Crippen molar-refractivity contribution in [2.45, 2.75) is 265 Å². The predicted molar refractivity (Wildman–Crippen MR) is 229 cm³/mol. The van der Waals surface area contributed by atoms with E-state index in [2.05, 4.69) is 34.6 Å². The van der Waals surface area contributed by atoms with Crippen LogP contribution in [-0.2, 0) is 28.6 Å². The highest BCUT2D eigenvalue weighted by Crippen LogP contribution is 2.17. The maximum atomic E-state index is 12.7. The van der Waals surface area contributed by atoms with Gasteiger partial charge in [-0.05, 0) is 31.1 Å². The fourth-order valence-corrected chi connectivity index (χ4v) is 7.07. The summed E-state index contributed by atoms with van der Waals surface area (Å²) in [4.78, 5) is 37.8. The Morgan fingerprint density at radius 3 is 1.06 bits per heavy atom. The Hall–Kier alpha value is -1.59. The van der Waals surface area contributed by atoms with Crippen LogP contribution in [0.25, 0.3) is 0 Å². The van der Waals surface area contributed by atoms with Gasteiger partial charge in [0.25, 0.3) is 0 Å². The van der Waals surface area contributed by atoms with Crippen molar-refractivity contribution < 1.29 is 28.6 Å². The maximum absolute atomic E-state index is 12.7. The van der Waals surface area contributed by atoms with Gasteiger partial charge in [0.05, 0.1) is 0 Å². The van der Waals surface area contributed by atoms with Crippen LogP contribution in [0.3, 0.4) is 0 Å². The zero-order valence-corrected chi connectivity index (χ0v) is 36.8. The molecule has 1 unspecified atom stereocenters. The van der Waals surface area contributed by atoms with Crippen LogP contribution >= 0.6 is 0 Å². The molecule has 0 radical (unpaired) electrons. The second-order valence-corrected chi connectivity index (χ2v) is 17.1. The number of unbranched alkanes of at least 4 members (excludes halogenated alkanes) is 26. The van der Waals surface area contributed by atoms with Crippen LogP contribution in [0.2, 0.25) is 0 Å². The largest absolute Gasteiger partial charge is 0.462 e. The number of hydrogen-bond acceptors (Lipinski definition) is 6. The lowest BCUT2D eigenvalue weighted by Gasteiger charge is -2.18. The van der Waals surface area contributed by atoms with Gasteiger partial charge in [0.15, 0.2) is 6.10 Å². The van der Waals surface area contributed by atoms with Crippen molar-refractivity contribution in [3.63, 3.8) is 0 Å². The van der Waals surface area contributed by atoms with Gasteiger partial charge in [-0.25, -0.2) is 0 Å². The predicted octanol–water partition coefficient (Wildman–Crippen LogP) is 15.0. The highest BCUT2D eigenvalue weighted by Gasteiger charge is 2.19. The highest BCUT2D eigenvalue weighted by atomic mass is 16.6. The van der Waals surface area contributed by atoms with Crippen molar-refractivity contribution in [1.29, 1.82) is 0 Å². The third kappa shape index (κ3) is 40.1. The molecule has 0 aliphatic heterocycles. The van der Waals surface area contributed by atoms with Gasteiger partial charge in [-0.15, -0.1) is 0 Å². The Kier molecular flexibility index (Phi) is 39.8. The standard InChI is InChI=1S/C48H92O6/c1-6-8-9-10-11-12-13-14-15-19-22-28-33-38-46(49)52-41-45(42-53-47(50)39-34-29-25-24-27-32-37-44(5)7-2)54-48(51)40-35-30-23-20-17-16-18-21-26-31-36-43(3)4/h43-45H,6-42H2,1-5H3/t44?,45-/m0/s1. The van der Waals surface area contributed by atoms with Crippen LogP contribution in [0, 0.1) is 11.8 Å². The second-order valence-electron chi connectivity index (χ2n) is 17.1. The Bertz CT molecular complexity index is 826. The van der Waals surface area contributed by atoms with Gasteiger partial charge in [0, 0.05) is 19.3 Å². The first kappa shape index (κ1) is 52.4. The monoisotopic (exact) mass is 765 g/mol. The van der Waals surface area contributed by atoms with Gasteiger partial charge < -0.3 is 14.2 Å². The van der Waals surface area contributed by atoms with Crippen molar-refractivity contribution in [1.82, 2.24) is 0 Å². The van der Waals surface area contributed by atoms with Crippen molar-refractivity contribution in [3.05, 3.63) is 0 Å². The summed E-state index contributed by atoms with van der Waals surface area (Å²) in [6.45, 7) is 11.3. The first-order valence-electron chi connectivity index (χ1n) is 23.8. The molecule has 0 spiro atoms. The van der Waals surface area contributed by atoms with E-state index in [4.69, 9.17) is 14.2 Å². The number of rotatable bonds is 42. The second kappa shape index (κ2) is 41.1. The molecular formula is C48H92O6. The Labute approximate surface area is 336 Å². The van der Waals surface area contributed by atoms with Crippen molar-refractivity contribution in [3.8, 4) is 0 Å². The molecule has 0 saturated carbocycles. The van der Waals surface area contributed by atoms with Crippen LogP contribution < -0.4 is 0 Å². The third-order valence-corrected chi connectivity index (χ3v) is 11.1. The number of carbonyl (C=O) groups excluding carboxylic acids is 3. The summed E-state index contributed by atoms with van der Waals surface area (Å²) < 4.78 is 16.7. The molecule has 0 aliphatic rings. The van der Waals surface area contributed by atoms with Gasteiger partial charge in [0.2, 0.25) is 0 Å². The van der Waals surface area contributed by atoms with Crippen LogP contribution in [0.1, 0.15) is 259 Å². The lowest BCUT2D eigenvalue weighted by molar-refractivity contribution is -0.167. The van der Waals surface area contributed by atoms with E-state index in [1.54, 1.807) is 0 Å². The highest BCUT2D eigenvalue weighted by molar-refractivity contribution is 5.71. The van der Waals surface area contributed by atoms with Crippen LogP contribution in [-0.4, -0.2) is 37.2 Å². The molecule has 0 heterocycles. The molecule has 0 aliphatic carbocycles. The van der Waals surface area contributed by atoms with Crippen molar-refractivity contribution in [2.75, 3.05) is 13.2 Å². The summed E-state index contributed by atoms with van der Waals surface area (Å²) in [5.41, 5.74) is 0. The van der Waals surface area contributed by atoms with Gasteiger partial charge in [-0.3, -0.25) is 14.4 Å². The molecule has 320 valence electrons. The summed E-state index contributed by atoms with van der Waals surface area (Å²) in [5, 5.41) is 0. The van der Waals surface area contributed by atoms with Gasteiger partial charge in [-0.1, -0.05) is 221 Å². The van der Waals surface area contributed by atoms with E-state index in [0.29, 0.717) is 19.3 Å². The first-order chi connectivity index (χ1) is 26.3. The van der Waals surface area contributed by atoms with E-state index < -0.39 is 6.10 Å². The Morgan fingerprint density at radius 2 is 0.704 bits per heavy atom. The molecule has 0 N–H and O–H groups in total. The minimum Gasteiger partial charge on any atom is -0.462 e. The van der Waals surface area contributed by atoms with Gasteiger partial charge in [-0.2, -0.15) is 0 Å². The Morgan fingerprint density at radius 1 is 0.389 bits per heavy atom. The number of ether oxygens (including phenoxy) is 3. The first-order valence-corrected chi connectivity index (χ1v) is 23.8. The maximum Gasteiger partial charge on any atom is 0.306 e. The minimum atomic E-state index is -0.761. The summed E-state index contributed by atoms with van der Waals surface area (Å²) in [6, 6.07) is 0. The van der Waals surface area contributed by atoms with E-state index in [0.717, 1.165) is 69.6 Å². The lowest BCUT2D eigenvalue weighted by atomic mass is 10.00. The minimum absolute atomic E-state index is 0.0651. The van der Waals surface area contributed by atoms with Crippen molar-refractivity contribution >= 4 is 17.9 Å². The van der Waals surface area contributed by atoms with E-state index in [-0.39, 0.29) is 31.1 Å². The average Bonchev–Trinajstić information content (AvgIpc) is 3.15. The molecule has 0 aromatic rings. The molecule has 6 heteroatoms. The molecule has 6 nitrogen and oxygen atoms in total. The molecule has 0 aromatic heterocycles. The van der Waals surface area contributed by atoms with Crippen LogP contribution in [0.5, 0.6) is 0 Å². The van der Waals surface area contributed by atoms with E-state index in [1.165, 1.54) is 148 Å². The average molecular weight is 765 g/mol. The molecule has 0 bridgehead atoms. The smallest absolute Gasteiger partial charge is 0.306 e. The fourth-order valence-electron chi connectivity index (χ4n) is 7.07. The molecular weight excluding hydrogens is 673 g/mol. The summed E-state index contributed by atoms with van der Waals surface area (Å²) in [7, 11) is 0. The Balaban J connectivity index is 4.34. The SMILES string of the molecule is CCCCCCCCCCCCCCCC(=O)OC[C@@H](COC(=O)CCCCCCCCC(C)CC)OC(=O)CCCCCCCCCCCCC(C)C. The zero-order chi connectivity index (χ0) is 39.7. The topological polar surface area (TPSA) is 78.9 Å². The van der Waals surface area contributed by atoms with E-state index in [9.17, 15) is 14.4 Å². The van der Waals surface area contributed by atoms with E-state index >= 15 is 0 Å². The lowest BCUT2D eigenvalue weighted by Crippen LogP contribution is -2.30. The van der Waals surface area contributed by atoms with Crippen molar-refractivity contribution in [2.24, 2.45) is 11.8 Å². The molecule has 0 fully saturated rings. The number of esters is 3. The third-order valence-electron chi connectivity index (χ3n) is 11.1. The van der Waals surface area contributed by atoms with E-state index in [1.807, 2.05) is 0 Å². The summed E-state index contributed by atoms with van der Waals surface area (Å²) in [5.74, 6) is 0.773. The van der Waals surface area contributed by atoms with Gasteiger partial charge >= 0.3 is 17.9 Å². The number of carbonyl (C=O) groups is 3.